The summed E-state index contributed by atoms with van der Waals surface area (Å²) in [5.74, 6) is 0. The molecule has 0 amide bonds. The van der Waals surface area contributed by atoms with Gasteiger partial charge in [0.15, 0.2) is 0 Å². The average molecular weight is 209 g/mol. The predicted octanol–water partition coefficient (Wildman–Crippen LogP) is -0.811. The van der Waals surface area contributed by atoms with Crippen LogP contribution in [0.15, 0.2) is 0 Å². The lowest BCUT2D eigenvalue weighted by Gasteiger charge is -1.94. The number of hydrogen-bond acceptors (Lipinski definition) is 5. The Morgan fingerprint density at radius 2 is 0.714 bits per heavy atom. The molecule has 0 saturated heterocycles. The summed E-state index contributed by atoms with van der Waals surface area (Å²) in [6.45, 7) is 1.65. The first-order valence-electron chi connectivity index (χ1n) is 5.05. The fourth-order valence-electron chi connectivity index (χ4n) is 0.642. The van der Waals surface area contributed by atoms with Gasteiger partial charge in [0.1, 0.15) is 0 Å². The van der Waals surface area contributed by atoms with Crippen LogP contribution >= 0.6 is 0 Å². The van der Waals surface area contributed by atoms with Crippen LogP contribution in [0.2, 0.25) is 0 Å². The molecule has 5 nitrogen and oxygen atoms in total. The quantitative estimate of drug-likeness (QED) is 0.378. The van der Waals surface area contributed by atoms with Gasteiger partial charge in [-0.25, -0.2) is 0 Å². The van der Waals surface area contributed by atoms with Crippen LogP contribution in [0, 0.1) is 0 Å². The Labute approximate surface area is 89.4 Å². The van der Waals surface area contributed by atoms with Crippen molar-refractivity contribution in [3.05, 3.63) is 0 Å². The molecule has 0 spiro atoms. The van der Waals surface area contributed by atoms with E-state index in [0.717, 1.165) is 25.9 Å². The van der Waals surface area contributed by atoms with Crippen molar-refractivity contribution in [3.63, 3.8) is 0 Å². The Hall–Kier alpha value is -0.200. The van der Waals surface area contributed by atoms with Gasteiger partial charge in [0.25, 0.3) is 0 Å². The second-order valence-corrected chi connectivity index (χ2v) is 1.99. The summed E-state index contributed by atoms with van der Waals surface area (Å²) < 4.78 is 0. The molecule has 0 bridgehead atoms. The van der Waals surface area contributed by atoms with Crippen molar-refractivity contribution in [2.45, 2.75) is 25.7 Å². The van der Waals surface area contributed by atoms with Gasteiger partial charge in [-0.05, 0) is 47.1 Å². The van der Waals surface area contributed by atoms with Crippen LogP contribution in [0.5, 0.6) is 0 Å². The Morgan fingerprint density at radius 1 is 0.500 bits per heavy atom. The van der Waals surface area contributed by atoms with E-state index < -0.39 is 0 Å². The van der Waals surface area contributed by atoms with Crippen LogP contribution in [0.1, 0.15) is 25.7 Å². The molecular weight excluding hydrogens is 178 g/mol. The molecule has 0 radical (unpaired) electrons. The highest BCUT2D eigenvalue weighted by Crippen LogP contribution is 1.95. The first kappa shape index (κ1) is 23.5. The molecular formula is C9H31N5. The smallest absolute Gasteiger partial charge is 0.00773 e. The highest BCUT2D eigenvalue weighted by atomic mass is 14.5. The van der Waals surface area contributed by atoms with E-state index >= 15 is 0 Å². The molecule has 10 N–H and O–H groups in total. The summed E-state index contributed by atoms with van der Waals surface area (Å²) in [5, 5.41) is 0. The van der Waals surface area contributed by atoms with Gasteiger partial charge in [-0.1, -0.05) is 12.8 Å². The standard InChI is InChI=1S/C6H16N2.3CH5N/c7-5-3-1-2-4-6-8;3*1-2/h1-8H2;3*2H2,1H3. The summed E-state index contributed by atoms with van der Waals surface area (Å²) >= 11 is 0. The van der Waals surface area contributed by atoms with E-state index in [0.29, 0.717) is 0 Å². The Kier molecular flexibility index (Phi) is 89.1. The highest BCUT2D eigenvalue weighted by molar-refractivity contribution is 4.43. The molecule has 0 aromatic carbocycles. The van der Waals surface area contributed by atoms with E-state index in [9.17, 15) is 0 Å². The molecule has 0 aliphatic carbocycles. The van der Waals surface area contributed by atoms with Crippen molar-refractivity contribution in [1.29, 1.82) is 0 Å². The molecule has 0 heterocycles. The molecule has 0 atom stereocenters. The summed E-state index contributed by atoms with van der Waals surface area (Å²) in [5.41, 5.74) is 24.1. The molecule has 92 valence electrons. The minimum atomic E-state index is 0.824. The normalized spacial score (nSPS) is 6.86. The second kappa shape index (κ2) is 53.0. The first-order valence-corrected chi connectivity index (χ1v) is 5.05. The maximum Gasteiger partial charge on any atom is -0.00773 e. The van der Waals surface area contributed by atoms with Gasteiger partial charge >= 0.3 is 0 Å². The van der Waals surface area contributed by atoms with Gasteiger partial charge < -0.3 is 28.7 Å². The summed E-state index contributed by atoms with van der Waals surface area (Å²) in [7, 11) is 4.50. The zero-order valence-corrected chi connectivity index (χ0v) is 10.1. The van der Waals surface area contributed by atoms with Crippen LogP contribution in [0.3, 0.4) is 0 Å². The highest BCUT2D eigenvalue weighted by Gasteiger charge is 1.83. The van der Waals surface area contributed by atoms with E-state index in [2.05, 4.69) is 17.2 Å². The monoisotopic (exact) mass is 209 g/mol. The number of hydrogen-bond donors (Lipinski definition) is 5. The van der Waals surface area contributed by atoms with Crippen LogP contribution in [0.25, 0.3) is 0 Å². The minimum Gasteiger partial charge on any atom is -0.333 e. The Morgan fingerprint density at radius 3 is 0.857 bits per heavy atom. The van der Waals surface area contributed by atoms with Crippen molar-refractivity contribution in [3.8, 4) is 0 Å². The predicted molar refractivity (Wildman–Crippen MR) is 66.9 cm³/mol. The second-order valence-electron chi connectivity index (χ2n) is 1.99. The fourth-order valence-corrected chi connectivity index (χ4v) is 0.642. The number of nitrogens with two attached hydrogens (primary N) is 5. The Bertz CT molecular complexity index is 38.2. The molecule has 0 aromatic heterocycles. The van der Waals surface area contributed by atoms with Crippen LogP contribution in [0.4, 0.5) is 0 Å². The SMILES string of the molecule is CN.CN.CN.NCCCCCCN. The van der Waals surface area contributed by atoms with Crippen LogP contribution < -0.4 is 28.7 Å². The molecule has 0 rings (SSSR count). The summed E-state index contributed by atoms with van der Waals surface area (Å²) in [4.78, 5) is 0. The molecule has 14 heavy (non-hydrogen) atoms. The van der Waals surface area contributed by atoms with Crippen LogP contribution in [-0.4, -0.2) is 34.2 Å². The lowest BCUT2D eigenvalue weighted by atomic mass is 10.2. The maximum atomic E-state index is 5.28. The molecule has 0 aliphatic heterocycles. The van der Waals surface area contributed by atoms with Gasteiger partial charge in [-0.3, -0.25) is 0 Å². The fraction of sp³-hybridized carbons (Fsp3) is 1.00. The number of unbranched alkanes of at least 4 members (excludes halogenated alkanes) is 3. The minimum absolute atomic E-state index is 0.824. The van der Waals surface area contributed by atoms with E-state index in [-0.39, 0.29) is 0 Å². The molecule has 0 saturated carbocycles. The van der Waals surface area contributed by atoms with Gasteiger partial charge in [0.2, 0.25) is 0 Å². The van der Waals surface area contributed by atoms with E-state index in [4.69, 9.17) is 11.5 Å². The topological polar surface area (TPSA) is 130 Å². The van der Waals surface area contributed by atoms with E-state index in [1.165, 1.54) is 34.0 Å². The first-order chi connectivity index (χ1) is 6.91. The van der Waals surface area contributed by atoms with Crippen molar-refractivity contribution >= 4 is 0 Å². The molecule has 0 aliphatic rings. The Balaban J connectivity index is -0.0000000708. The van der Waals surface area contributed by atoms with Crippen molar-refractivity contribution in [2.24, 2.45) is 28.7 Å². The lowest BCUT2D eigenvalue weighted by molar-refractivity contribution is 0.653. The molecule has 0 unspecified atom stereocenters. The van der Waals surface area contributed by atoms with Gasteiger partial charge in [-0.2, -0.15) is 0 Å². The summed E-state index contributed by atoms with van der Waals surface area (Å²) in [6, 6.07) is 0. The largest absolute Gasteiger partial charge is 0.333 e. The maximum absolute atomic E-state index is 5.28. The third-order valence-electron chi connectivity index (χ3n) is 1.16. The third kappa shape index (κ3) is 59.7. The molecule has 0 aromatic rings. The lowest BCUT2D eigenvalue weighted by Crippen LogP contribution is -2.00. The summed E-state index contributed by atoms with van der Waals surface area (Å²) in [6.07, 6.45) is 4.79. The van der Waals surface area contributed by atoms with Crippen molar-refractivity contribution in [2.75, 3.05) is 34.2 Å². The van der Waals surface area contributed by atoms with Crippen molar-refractivity contribution in [1.82, 2.24) is 0 Å². The molecule has 0 fully saturated rings. The average Bonchev–Trinajstić information content (AvgIpc) is 2.33. The van der Waals surface area contributed by atoms with E-state index in [1.807, 2.05) is 0 Å². The third-order valence-corrected chi connectivity index (χ3v) is 1.16. The molecule has 5 heteroatoms. The van der Waals surface area contributed by atoms with Crippen LogP contribution in [-0.2, 0) is 0 Å². The van der Waals surface area contributed by atoms with Crippen molar-refractivity contribution < 1.29 is 0 Å². The number of rotatable bonds is 5. The zero-order valence-electron chi connectivity index (χ0n) is 10.1. The van der Waals surface area contributed by atoms with Gasteiger partial charge in [-0.15, -0.1) is 0 Å². The zero-order chi connectivity index (χ0) is 12.2. The van der Waals surface area contributed by atoms with Gasteiger partial charge in [0.05, 0.1) is 0 Å². The van der Waals surface area contributed by atoms with Gasteiger partial charge in [0, 0.05) is 0 Å². The van der Waals surface area contributed by atoms with E-state index in [1.54, 1.807) is 0 Å².